The summed E-state index contributed by atoms with van der Waals surface area (Å²) in [6, 6.07) is 10.7. The number of nitrogens with one attached hydrogen (secondary N) is 1. The molecule has 0 bridgehead atoms. The zero-order valence-electron chi connectivity index (χ0n) is 23.0. The molecular formula is C31H28ClF3N6O. The van der Waals surface area contributed by atoms with E-state index in [9.17, 15) is 18.0 Å². The fourth-order valence-electron chi connectivity index (χ4n) is 4.75. The van der Waals surface area contributed by atoms with Gasteiger partial charge >= 0.3 is 6.18 Å². The van der Waals surface area contributed by atoms with Crippen molar-refractivity contribution >= 4 is 39.8 Å². The molecule has 1 saturated heterocycles. The number of rotatable bonds is 4. The lowest BCUT2D eigenvalue weighted by atomic mass is 10.0. The second-order valence-electron chi connectivity index (χ2n) is 10.3. The van der Waals surface area contributed by atoms with Gasteiger partial charge in [-0.2, -0.15) is 13.2 Å². The number of carbonyl (C=O) groups is 1. The molecule has 0 spiro atoms. The van der Waals surface area contributed by atoms with Gasteiger partial charge in [0.05, 0.1) is 22.4 Å². The zero-order chi connectivity index (χ0) is 30.0. The van der Waals surface area contributed by atoms with Gasteiger partial charge in [0.25, 0.3) is 5.91 Å². The number of hydrogen-bond donors (Lipinski definition) is 2. The van der Waals surface area contributed by atoms with Crippen LogP contribution in [0.1, 0.15) is 38.3 Å². The summed E-state index contributed by atoms with van der Waals surface area (Å²) in [5.74, 6) is 5.65. The highest BCUT2D eigenvalue weighted by Gasteiger charge is 2.34. The Morgan fingerprint density at radius 2 is 1.81 bits per heavy atom. The summed E-state index contributed by atoms with van der Waals surface area (Å²) in [6.45, 7) is 4.90. The van der Waals surface area contributed by atoms with Crippen LogP contribution in [0.4, 0.5) is 24.7 Å². The summed E-state index contributed by atoms with van der Waals surface area (Å²) < 4.78 is 42.0. The van der Waals surface area contributed by atoms with E-state index in [4.69, 9.17) is 17.3 Å². The van der Waals surface area contributed by atoms with Crippen molar-refractivity contribution in [3.8, 4) is 11.8 Å². The molecule has 0 aliphatic carbocycles. The van der Waals surface area contributed by atoms with E-state index < -0.39 is 17.6 Å². The smallest absolute Gasteiger partial charge is 0.383 e. The van der Waals surface area contributed by atoms with Crippen LogP contribution in [0, 0.1) is 18.8 Å². The van der Waals surface area contributed by atoms with Crippen LogP contribution in [-0.4, -0.2) is 58.9 Å². The number of hydrogen-bond acceptors (Lipinski definition) is 6. The molecule has 1 fully saturated rings. The molecule has 2 aromatic heterocycles. The van der Waals surface area contributed by atoms with Gasteiger partial charge in [-0.1, -0.05) is 35.6 Å². The lowest BCUT2D eigenvalue weighted by Gasteiger charge is -2.33. The summed E-state index contributed by atoms with van der Waals surface area (Å²) in [5, 5.41) is 4.65. The number of nitrogens with two attached hydrogens (primary N) is 1. The molecule has 0 atom stereocenters. The SMILES string of the molecule is Cc1ncc(C(=O)Nc2ccc(CN3CCN(C)CC3)c(C(F)(F)F)c2)cc1C#Cc1c(N)ncc2ccc(Cl)cc12. The van der Waals surface area contributed by atoms with Crippen molar-refractivity contribution in [1.82, 2.24) is 19.8 Å². The molecule has 4 aromatic rings. The number of likely N-dealkylation sites (N-methyl/N-ethyl adjacent to an activating group) is 1. The van der Waals surface area contributed by atoms with Gasteiger partial charge in [-0.3, -0.25) is 14.7 Å². The fourth-order valence-corrected chi connectivity index (χ4v) is 4.92. The van der Waals surface area contributed by atoms with Gasteiger partial charge in [0, 0.05) is 72.2 Å². The number of alkyl halides is 3. The number of fused-ring (bicyclic) bond motifs is 1. The lowest BCUT2D eigenvalue weighted by molar-refractivity contribution is -0.138. The van der Waals surface area contributed by atoms with E-state index in [1.54, 1.807) is 31.3 Å². The first kappa shape index (κ1) is 29.3. The van der Waals surface area contributed by atoms with Crippen molar-refractivity contribution in [1.29, 1.82) is 0 Å². The Bertz CT molecular complexity index is 1720. The number of benzene rings is 2. The Kier molecular flexibility index (Phi) is 8.36. The standard InChI is InChI=1S/C31H28ClF3N6O/c1-19-20(5-8-26-27-14-24(32)6-3-21(27)16-38-29(26)36)13-23(17-37-19)30(42)39-25-7-4-22(28(15-25)31(33,34)35)18-41-11-9-40(2)10-12-41/h3-4,6-7,13-17H,9-12,18H2,1-2H3,(H2,36,38)(H,39,42). The van der Waals surface area contributed by atoms with E-state index in [-0.39, 0.29) is 29.2 Å². The Hall–Kier alpha value is -4.17. The van der Waals surface area contributed by atoms with Gasteiger partial charge in [-0.05, 0) is 49.9 Å². The van der Waals surface area contributed by atoms with Crippen molar-refractivity contribution in [2.45, 2.75) is 19.6 Å². The van der Waals surface area contributed by atoms with Gasteiger partial charge in [0.2, 0.25) is 0 Å². The van der Waals surface area contributed by atoms with E-state index >= 15 is 0 Å². The predicted molar refractivity (Wildman–Crippen MR) is 158 cm³/mol. The second kappa shape index (κ2) is 12.0. The first-order valence-electron chi connectivity index (χ1n) is 13.2. The number of halogens is 4. The predicted octanol–water partition coefficient (Wildman–Crippen LogP) is 5.59. The molecule has 1 aliphatic rings. The molecular weight excluding hydrogens is 565 g/mol. The Morgan fingerprint density at radius 3 is 2.55 bits per heavy atom. The highest BCUT2D eigenvalue weighted by molar-refractivity contribution is 6.31. The van der Waals surface area contributed by atoms with Crippen LogP contribution >= 0.6 is 11.6 Å². The minimum Gasteiger partial charge on any atom is -0.383 e. The first-order chi connectivity index (χ1) is 20.0. The van der Waals surface area contributed by atoms with E-state index in [1.165, 1.54) is 18.3 Å². The van der Waals surface area contributed by atoms with E-state index in [0.717, 1.165) is 29.9 Å². The van der Waals surface area contributed by atoms with Gasteiger partial charge in [-0.25, -0.2) is 4.98 Å². The number of piperazine rings is 1. The largest absolute Gasteiger partial charge is 0.416 e. The second-order valence-corrected chi connectivity index (χ2v) is 10.7. The number of pyridine rings is 2. The summed E-state index contributed by atoms with van der Waals surface area (Å²) in [6.07, 6.45) is -1.58. The molecule has 0 unspecified atom stereocenters. The van der Waals surface area contributed by atoms with Crippen LogP contribution in [-0.2, 0) is 12.7 Å². The molecule has 42 heavy (non-hydrogen) atoms. The van der Waals surface area contributed by atoms with Gasteiger partial charge < -0.3 is 16.0 Å². The fraction of sp³-hybridized carbons (Fsp3) is 0.258. The van der Waals surface area contributed by atoms with Gasteiger partial charge in [-0.15, -0.1) is 0 Å². The van der Waals surface area contributed by atoms with Crippen LogP contribution in [0.3, 0.4) is 0 Å². The third kappa shape index (κ3) is 6.65. The van der Waals surface area contributed by atoms with Crippen molar-refractivity contribution in [2.75, 3.05) is 44.3 Å². The molecule has 7 nitrogen and oxygen atoms in total. The monoisotopic (exact) mass is 592 g/mol. The molecule has 1 amide bonds. The number of carbonyl (C=O) groups excluding carboxylic acids is 1. The van der Waals surface area contributed by atoms with Gasteiger partial charge in [0.15, 0.2) is 0 Å². The van der Waals surface area contributed by atoms with Crippen LogP contribution in [0.15, 0.2) is 54.9 Å². The van der Waals surface area contributed by atoms with Crippen LogP contribution < -0.4 is 11.1 Å². The summed E-state index contributed by atoms with van der Waals surface area (Å²) in [4.78, 5) is 25.7. The minimum absolute atomic E-state index is 0.0362. The quantitative estimate of drug-likeness (QED) is 0.300. The maximum absolute atomic E-state index is 14.0. The van der Waals surface area contributed by atoms with Gasteiger partial charge in [0.1, 0.15) is 5.82 Å². The Balaban J connectivity index is 1.39. The topological polar surface area (TPSA) is 87.4 Å². The average Bonchev–Trinajstić information content (AvgIpc) is 2.94. The Morgan fingerprint density at radius 1 is 1.05 bits per heavy atom. The highest BCUT2D eigenvalue weighted by Crippen LogP contribution is 2.35. The van der Waals surface area contributed by atoms with Crippen molar-refractivity contribution in [3.63, 3.8) is 0 Å². The Labute approximate surface area is 246 Å². The van der Waals surface area contributed by atoms with E-state index in [2.05, 4.69) is 32.0 Å². The maximum atomic E-state index is 14.0. The molecule has 216 valence electrons. The summed E-state index contributed by atoms with van der Waals surface area (Å²) in [7, 11) is 1.99. The van der Waals surface area contributed by atoms with Crippen LogP contribution in [0.25, 0.3) is 10.8 Å². The lowest BCUT2D eigenvalue weighted by Crippen LogP contribution is -2.44. The molecule has 5 rings (SSSR count). The molecule has 11 heteroatoms. The molecule has 0 saturated carbocycles. The number of aromatic nitrogens is 2. The number of amides is 1. The third-order valence-electron chi connectivity index (χ3n) is 7.22. The summed E-state index contributed by atoms with van der Waals surface area (Å²) in [5.41, 5.74) is 7.19. The number of nitrogen functional groups attached to an aromatic ring is 1. The van der Waals surface area contributed by atoms with Crippen LogP contribution in [0.5, 0.6) is 0 Å². The van der Waals surface area contributed by atoms with Crippen molar-refractivity contribution in [3.05, 3.63) is 93.4 Å². The average molecular weight is 593 g/mol. The number of nitrogens with zero attached hydrogens (tertiary/aromatic N) is 4. The highest BCUT2D eigenvalue weighted by atomic mass is 35.5. The summed E-state index contributed by atoms with van der Waals surface area (Å²) >= 11 is 6.17. The van der Waals surface area contributed by atoms with Crippen molar-refractivity contribution in [2.24, 2.45) is 0 Å². The maximum Gasteiger partial charge on any atom is 0.416 e. The third-order valence-corrected chi connectivity index (χ3v) is 7.45. The molecule has 3 N–H and O–H groups in total. The zero-order valence-corrected chi connectivity index (χ0v) is 23.8. The normalized spacial score (nSPS) is 14.4. The van der Waals surface area contributed by atoms with Crippen molar-refractivity contribution < 1.29 is 18.0 Å². The molecule has 3 heterocycles. The molecule has 2 aromatic carbocycles. The van der Waals surface area contributed by atoms with Crippen LogP contribution in [0.2, 0.25) is 5.02 Å². The number of anilines is 2. The minimum atomic E-state index is -4.57. The van der Waals surface area contributed by atoms with E-state index in [0.29, 0.717) is 34.9 Å². The molecule has 0 radical (unpaired) electrons. The van der Waals surface area contributed by atoms with E-state index in [1.807, 2.05) is 18.0 Å². The number of aryl methyl sites for hydroxylation is 1. The molecule has 1 aliphatic heterocycles. The first-order valence-corrected chi connectivity index (χ1v) is 13.6.